The molecule has 110 valence electrons. The smallest absolute Gasteiger partial charge is 0.161 e. The number of aromatic hydroxyl groups is 2. The zero-order chi connectivity index (χ0) is 14.5. The summed E-state index contributed by atoms with van der Waals surface area (Å²) in [7, 11) is 0. The zero-order valence-electron chi connectivity index (χ0n) is 11.9. The Labute approximate surface area is 115 Å². The van der Waals surface area contributed by atoms with Gasteiger partial charge < -0.3 is 21.1 Å². The molecule has 0 bridgehead atoms. The van der Waals surface area contributed by atoms with Crippen molar-refractivity contribution < 1.29 is 15.3 Å². The van der Waals surface area contributed by atoms with Crippen LogP contribution in [-0.4, -0.2) is 20.9 Å². The summed E-state index contributed by atoms with van der Waals surface area (Å²) in [5.41, 5.74) is 6.17. The molecule has 0 spiro atoms. The highest BCUT2D eigenvalue weighted by Crippen LogP contribution is 2.44. The van der Waals surface area contributed by atoms with Crippen LogP contribution in [-0.2, 0) is 5.60 Å². The number of aliphatic hydroxyl groups is 1. The summed E-state index contributed by atoms with van der Waals surface area (Å²) in [4.78, 5) is 0. The Hall–Kier alpha value is -1.26. The van der Waals surface area contributed by atoms with Crippen molar-refractivity contribution in [2.75, 3.05) is 0 Å². The van der Waals surface area contributed by atoms with Gasteiger partial charge in [-0.25, -0.2) is 0 Å². The molecule has 1 aromatic carbocycles. The third-order valence-electron chi connectivity index (χ3n) is 3.99. The lowest BCUT2D eigenvalue weighted by Gasteiger charge is -2.39. The van der Waals surface area contributed by atoms with Crippen LogP contribution in [0.1, 0.15) is 50.5 Å². The minimum atomic E-state index is -1.31. The Morgan fingerprint density at radius 2 is 1.21 bits per heavy atom. The molecule has 1 atom stereocenters. The minimum Gasteiger partial charge on any atom is -0.504 e. The first kappa shape index (κ1) is 17.7. The molecule has 1 aromatic rings. The van der Waals surface area contributed by atoms with Gasteiger partial charge in [-0.15, -0.1) is 0 Å². The number of benzene rings is 1. The van der Waals surface area contributed by atoms with Gasteiger partial charge in [0.25, 0.3) is 0 Å². The van der Waals surface area contributed by atoms with E-state index in [2.05, 4.69) is 0 Å². The van der Waals surface area contributed by atoms with Gasteiger partial charge in [-0.05, 0) is 58.2 Å². The summed E-state index contributed by atoms with van der Waals surface area (Å²) in [6, 6.07) is 0. The Morgan fingerprint density at radius 3 is 1.58 bits per heavy atom. The fraction of sp³-hybridized carbons (Fsp3) is 0.600. The van der Waals surface area contributed by atoms with E-state index in [1.807, 2.05) is 0 Å². The summed E-state index contributed by atoms with van der Waals surface area (Å²) < 4.78 is 0. The summed E-state index contributed by atoms with van der Waals surface area (Å²) in [6.07, 6.45) is 0. The third-order valence-corrected chi connectivity index (χ3v) is 3.99. The fourth-order valence-electron chi connectivity index (χ4n) is 2.17. The van der Waals surface area contributed by atoms with Gasteiger partial charge in [0.2, 0.25) is 0 Å². The van der Waals surface area contributed by atoms with Crippen LogP contribution in [0, 0.1) is 20.8 Å². The molecular formula is C15H27NO3. The highest BCUT2D eigenvalue weighted by Gasteiger charge is 2.41. The van der Waals surface area contributed by atoms with Gasteiger partial charge in [0, 0.05) is 11.1 Å². The first-order valence-electron chi connectivity index (χ1n) is 5.96. The van der Waals surface area contributed by atoms with Gasteiger partial charge in [0.15, 0.2) is 11.5 Å². The van der Waals surface area contributed by atoms with Gasteiger partial charge >= 0.3 is 0 Å². The molecule has 0 heterocycles. The molecule has 0 radical (unpaired) electrons. The van der Waals surface area contributed by atoms with E-state index in [0.717, 1.165) is 5.56 Å². The van der Waals surface area contributed by atoms with Crippen molar-refractivity contribution >= 4 is 0 Å². The molecule has 0 aromatic heterocycles. The van der Waals surface area contributed by atoms with Crippen LogP contribution in [0.25, 0.3) is 0 Å². The molecule has 0 saturated carbocycles. The topological polar surface area (TPSA) is 86.7 Å². The van der Waals surface area contributed by atoms with Crippen LogP contribution in [0.3, 0.4) is 0 Å². The summed E-state index contributed by atoms with van der Waals surface area (Å²) in [5.74, 6) is -0.336. The van der Waals surface area contributed by atoms with Gasteiger partial charge in [-0.1, -0.05) is 7.43 Å². The lowest BCUT2D eigenvalue weighted by molar-refractivity contribution is -0.0101. The highest BCUT2D eigenvalue weighted by atomic mass is 16.3. The van der Waals surface area contributed by atoms with Crippen LogP contribution >= 0.6 is 0 Å². The van der Waals surface area contributed by atoms with E-state index in [0.29, 0.717) is 16.7 Å². The second kappa shape index (κ2) is 5.02. The van der Waals surface area contributed by atoms with Crippen LogP contribution < -0.4 is 5.73 Å². The molecule has 4 heteroatoms. The largest absolute Gasteiger partial charge is 0.504 e. The van der Waals surface area contributed by atoms with E-state index in [-0.39, 0.29) is 18.9 Å². The number of hydrogen-bond acceptors (Lipinski definition) is 4. The van der Waals surface area contributed by atoms with Crippen molar-refractivity contribution in [1.29, 1.82) is 0 Å². The maximum Gasteiger partial charge on any atom is 0.161 e. The SMILES string of the molecule is C.Cc1c(C)c(C(C)(O)C(C)(C)N)c(C)c(O)c1O. The molecule has 0 amide bonds. The molecule has 4 nitrogen and oxygen atoms in total. The van der Waals surface area contributed by atoms with Crippen molar-refractivity contribution in [2.24, 2.45) is 5.73 Å². The maximum atomic E-state index is 10.7. The molecule has 19 heavy (non-hydrogen) atoms. The molecule has 5 N–H and O–H groups in total. The van der Waals surface area contributed by atoms with E-state index in [1.165, 1.54) is 0 Å². The Bertz CT molecular complexity index is 456. The van der Waals surface area contributed by atoms with Crippen molar-refractivity contribution in [3.05, 3.63) is 22.3 Å². The maximum absolute atomic E-state index is 10.7. The van der Waals surface area contributed by atoms with Gasteiger partial charge in [0.05, 0.1) is 0 Å². The molecule has 0 fully saturated rings. The van der Waals surface area contributed by atoms with E-state index in [1.54, 1.807) is 41.5 Å². The predicted molar refractivity (Wildman–Crippen MR) is 78.6 cm³/mol. The van der Waals surface area contributed by atoms with E-state index in [9.17, 15) is 15.3 Å². The van der Waals surface area contributed by atoms with Crippen LogP contribution in [0.15, 0.2) is 0 Å². The van der Waals surface area contributed by atoms with Gasteiger partial charge in [0.1, 0.15) is 5.60 Å². The zero-order valence-corrected chi connectivity index (χ0v) is 11.9. The number of phenolic OH excluding ortho intramolecular Hbond substituents is 2. The second-order valence-corrected chi connectivity index (χ2v) is 5.74. The van der Waals surface area contributed by atoms with Crippen molar-refractivity contribution in [3.63, 3.8) is 0 Å². The van der Waals surface area contributed by atoms with Crippen molar-refractivity contribution in [2.45, 2.75) is 60.1 Å². The number of phenols is 2. The minimum absolute atomic E-state index is 0. The number of hydrogen-bond donors (Lipinski definition) is 4. The second-order valence-electron chi connectivity index (χ2n) is 5.74. The Balaban J connectivity index is 0.00000324. The Kier molecular flexibility index (Phi) is 4.69. The standard InChI is InChI=1S/C14H23NO3.CH4/c1-7-8(2)11(16)12(17)9(3)10(7)14(6,18)13(4,5)15;/h16-18H,15H2,1-6H3;1H4. The fourth-order valence-corrected chi connectivity index (χ4v) is 2.17. The molecule has 0 aliphatic carbocycles. The normalized spacial score (nSPS) is 14.7. The number of nitrogens with two attached hydrogens (primary N) is 1. The number of rotatable bonds is 2. The first-order chi connectivity index (χ1) is 7.93. The van der Waals surface area contributed by atoms with Crippen molar-refractivity contribution in [1.82, 2.24) is 0 Å². The van der Waals surface area contributed by atoms with E-state index >= 15 is 0 Å². The lowest BCUT2D eigenvalue weighted by Crippen LogP contribution is -2.52. The average molecular weight is 269 g/mol. The van der Waals surface area contributed by atoms with Crippen molar-refractivity contribution in [3.8, 4) is 11.5 Å². The Morgan fingerprint density at radius 1 is 0.842 bits per heavy atom. The third kappa shape index (κ3) is 2.55. The van der Waals surface area contributed by atoms with Gasteiger partial charge in [-0.3, -0.25) is 0 Å². The van der Waals surface area contributed by atoms with Crippen LogP contribution in [0.4, 0.5) is 0 Å². The molecule has 1 rings (SSSR count). The summed E-state index contributed by atoms with van der Waals surface area (Å²) in [6.45, 7) is 10.2. The van der Waals surface area contributed by atoms with Crippen LogP contribution in [0.2, 0.25) is 0 Å². The average Bonchev–Trinajstić information content (AvgIpc) is 2.22. The first-order valence-corrected chi connectivity index (χ1v) is 5.96. The molecule has 0 saturated heterocycles. The van der Waals surface area contributed by atoms with Gasteiger partial charge in [-0.2, -0.15) is 0 Å². The lowest BCUT2D eigenvalue weighted by atomic mass is 9.75. The molecule has 0 aliphatic rings. The quantitative estimate of drug-likeness (QED) is 0.622. The summed E-state index contributed by atoms with van der Waals surface area (Å²) in [5, 5.41) is 30.4. The van der Waals surface area contributed by atoms with E-state index < -0.39 is 11.1 Å². The molecule has 1 unspecified atom stereocenters. The summed E-state index contributed by atoms with van der Waals surface area (Å²) >= 11 is 0. The molecular weight excluding hydrogens is 242 g/mol. The highest BCUT2D eigenvalue weighted by molar-refractivity contribution is 5.59. The van der Waals surface area contributed by atoms with E-state index in [4.69, 9.17) is 5.73 Å². The monoisotopic (exact) mass is 269 g/mol. The predicted octanol–water partition coefficient (Wildman–Crippen LogP) is 2.60. The van der Waals surface area contributed by atoms with Crippen LogP contribution in [0.5, 0.6) is 11.5 Å². The molecule has 0 aliphatic heterocycles.